The maximum absolute atomic E-state index is 13.8. The van der Waals surface area contributed by atoms with Gasteiger partial charge in [-0.2, -0.15) is 37.0 Å². The van der Waals surface area contributed by atoms with Crippen LogP contribution in [-0.4, -0.2) is 143 Å². The molecule has 1 aromatic heterocycles. The molecule has 1 unspecified atom stereocenters. The van der Waals surface area contributed by atoms with E-state index in [2.05, 4.69) is 56.9 Å². The molecule has 94 heavy (non-hydrogen) atoms. The van der Waals surface area contributed by atoms with Crippen LogP contribution in [0.3, 0.4) is 0 Å². The highest BCUT2D eigenvalue weighted by molar-refractivity contribution is 8.04. The Labute approximate surface area is 554 Å². The summed E-state index contributed by atoms with van der Waals surface area (Å²) in [5.74, 6) is -2.08. The zero-order valence-electron chi connectivity index (χ0n) is 53.1. The zero-order chi connectivity index (χ0) is 67.7. The molecule has 32 heteroatoms. The Kier molecular flexibility index (Phi) is 24.7. The van der Waals surface area contributed by atoms with Crippen molar-refractivity contribution < 1.29 is 49.9 Å². The number of benzene rings is 4. The summed E-state index contributed by atoms with van der Waals surface area (Å²) in [6, 6.07) is 21.6. The van der Waals surface area contributed by atoms with E-state index in [-0.39, 0.29) is 46.3 Å². The molecule has 2 amide bonds. The molecule has 3 aliphatic heterocycles. The lowest BCUT2D eigenvalue weighted by Gasteiger charge is -2.30. The Hall–Kier alpha value is -8.92. The second-order valence-corrected chi connectivity index (χ2v) is 26.4. The highest BCUT2D eigenvalue weighted by Crippen LogP contribution is 2.40. The predicted octanol–water partition coefficient (Wildman–Crippen LogP) is 10.9. The number of hydrogen-bond acceptors (Lipinski definition) is 22. The molecule has 28 nitrogen and oxygen atoms in total. The Bertz CT molecular complexity index is 4060. The molecule has 0 radical (unpaired) electrons. The van der Waals surface area contributed by atoms with Gasteiger partial charge in [0.1, 0.15) is 39.5 Å². The first-order valence-corrected chi connectivity index (χ1v) is 35.1. The minimum Gasteiger partial charge on any atom is -0.372 e. The van der Waals surface area contributed by atoms with Crippen molar-refractivity contribution in [2.24, 2.45) is 25.4 Å². The maximum atomic E-state index is 13.8. The van der Waals surface area contributed by atoms with Crippen LogP contribution in [0, 0.1) is 5.41 Å². The maximum Gasteiger partial charge on any atom is 0.296 e. The van der Waals surface area contributed by atoms with Crippen LogP contribution in [-0.2, 0) is 44.2 Å². The van der Waals surface area contributed by atoms with Crippen molar-refractivity contribution in [2.45, 2.75) is 95.4 Å². The molecule has 5 aromatic rings. The topological polar surface area (TPSA) is 370 Å². The van der Waals surface area contributed by atoms with Gasteiger partial charge in [-0.25, -0.2) is 0 Å². The molecule has 0 saturated carbocycles. The SMILES string of the molecule is CCOCN(CC)c1ccc(N=NC2NC(N3CCCCC3)=C(/C=C(\C(C)=O)C(=O)Nc3ccccc3S(=O)(=O)O)S2)c(NC(=N)N=C(NC)Nc2cc(N(CC)CC)ccc2N=Nc2nc(N3CCCCC3)c(/C=C(/C(C)=O)C(=O)Nc3ccccc3S(=O)(=O)O)s2)c1. The fourth-order valence-electron chi connectivity index (χ4n) is 10.3. The number of anilines is 7. The Morgan fingerprint density at radius 3 is 1.73 bits per heavy atom. The molecule has 8 rings (SSSR count). The Balaban J connectivity index is 1.09. The lowest BCUT2D eigenvalue weighted by Crippen LogP contribution is -2.36. The average molecular weight is 1360 g/mol. The normalized spacial score (nSPS) is 15.9. The number of amides is 2. The predicted molar refractivity (Wildman–Crippen MR) is 368 cm³/mol. The van der Waals surface area contributed by atoms with E-state index in [4.69, 9.17) is 19.9 Å². The number of para-hydroxylation sites is 2. The molecular formula is C62H77N17O11S4. The Morgan fingerprint density at radius 1 is 0.681 bits per heavy atom. The largest absolute Gasteiger partial charge is 0.372 e. The Morgan fingerprint density at radius 2 is 1.20 bits per heavy atom. The van der Waals surface area contributed by atoms with Gasteiger partial charge in [0.15, 0.2) is 17.1 Å². The minimum atomic E-state index is -4.73. The summed E-state index contributed by atoms with van der Waals surface area (Å²) >= 11 is 2.30. The first-order valence-electron chi connectivity index (χ1n) is 30.5. The van der Waals surface area contributed by atoms with Gasteiger partial charge in [0, 0.05) is 70.8 Å². The molecule has 4 heterocycles. The van der Waals surface area contributed by atoms with Gasteiger partial charge in [0.25, 0.3) is 32.1 Å². The number of hydrogen-bond donors (Lipinski definition) is 9. The van der Waals surface area contributed by atoms with E-state index >= 15 is 0 Å². The van der Waals surface area contributed by atoms with Gasteiger partial charge >= 0.3 is 0 Å². The van der Waals surface area contributed by atoms with Crippen LogP contribution in [0.15, 0.2) is 148 Å². The van der Waals surface area contributed by atoms with Crippen molar-refractivity contribution in [3.8, 4) is 0 Å². The third-order valence-corrected chi connectivity index (χ3v) is 18.8. The molecule has 4 aromatic carbocycles. The van der Waals surface area contributed by atoms with Crippen LogP contribution in [0.5, 0.6) is 0 Å². The van der Waals surface area contributed by atoms with Crippen LogP contribution >= 0.6 is 23.1 Å². The molecule has 9 N–H and O–H groups in total. The molecule has 0 bridgehead atoms. The number of likely N-dealkylation sites (tertiary alicyclic amines) is 1. The van der Waals surface area contributed by atoms with E-state index in [1.807, 2.05) is 55.7 Å². The molecule has 1 atom stereocenters. The number of rotatable bonds is 26. The molecule has 2 fully saturated rings. The number of azo groups is 2. The quantitative estimate of drug-likeness (QED) is 0.00363. The van der Waals surface area contributed by atoms with E-state index in [0.29, 0.717) is 96.6 Å². The number of guanidine groups is 2. The number of carbonyl (C=O) groups is 4. The van der Waals surface area contributed by atoms with Crippen LogP contribution < -0.4 is 46.6 Å². The summed E-state index contributed by atoms with van der Waals surface area (Å²) in [5.41, 5.74) is 1.30. The van der Waals surface area contributed by atoms with E-state index in [1.165, 1.54) is 74.2 Å². The van der Waals surface area contributed by atoms with Gasteiger partial charge in [0.2, 0.25) is 17.1 Å². The molecule has 2 saturated heterocycles. The van der Waals surface area contributed by atoms with Crippen LogP contribution in [0.2, 0.25) is 0 Å². The fraction of sp³-hybridized carbons (Fsp3) is 0.371. The summed E-state index contributed by atoms with van der Waals surface area (Å²) in [5, 5.41) is 46.0. The number of aliphatic imine (C=N–C) groups is 1. The number of Topliss-reactive ketones (excluding diaryl/α,β-unsaturated/α-hetero) is 2. The number of thioether (sulfide) groups is 1. The van der Waals surface area contributed by atoms with Gasteiger partial charge in [-0.3, -0.25) is 33.7 Å². The molecule has 0 spiro atoms. The summed E-state index contributed by atoms with van der Waals surface area (Å²) in [6.07, 6.45) is 8.41. The van der Waals surface area contributed by atoms with Gasteiger partial charge in [-0.1, -0.05) is 47.4 Å². The smallest absolute Gasteiger partial charge is 0.296 e. The zero-order valence-corrected chi connectivity index (χ0v) is 56.4. The van der Waals surface area contributed by atoms with Crippen molar-refractivity contribution in [1.82, 2.24) is 20.5 Å². The second-order valence-electron chi connectivity index (χ2n) is 21.5. The number of nitrogens with one attached hydrogen (secondary N) is 7. The van der Waals surface area contributed by atoms with Gasteiger partial charge < -0.3 is 56.2 Å². The van der Waals surface area contributed by atoms with E-state index in [1.54, 1.807) is 25.2 Å². The highest BCUT2D eigenvalue weighted by Gasteiger charge is 2.31. The number of piperidine rings is 2. The second kappa shape index (κ2) is 32.8. The first-order chi connectivity index (χ1) is 45.0. The third-order valence-electron chi connectivity index (χ3n) is 15.1. The number of allylic oxidation sites excluding steroid dienone is 1. The summed E-state index contributed by atoms with van der Waals surface area (Å²) in [7, 11) is -7.82. The number of aromatic nitrogens is 1. The average Bonchev–Trinajstić information content (AvgIpc) is 1.59. The van der Waals surface area contributed by atoms with Crippen molar-refractivity contribution in [1.29, 1.82) is 5.41 Å². The lowest BCUT2D eigenvalue weighted by atomic mass is 10.1. The molecular weight excluding hydrogens is 1290 g/mol. The minimum absolute atomic E-state index is 0.129. The van der Waals surface area contributed by atoms with Crippen molar-refractivity contribution in [3.05, 3.63) is 118 Å². The van der Waals surface area contributed by atoms with Gasteiger partial charge in [-0.05, 0) is 153 Å². The van der Waals surface area contributed by atoms with E-state index in [9.17, 15) is 50.5 Å². The van der Waals surface area contributed by atoms with E-state index < -0.39 is 58.9 Å². The number of ether oxygens (including phenoxy) is 1. The van der Waals surface area contributed by atoms with Crippen LogP contribution in [0.4, 0.5) is 56.4 Å². The monoisotopic (exact) mass is 1360 g/mol. The molecule has 500 valence electrons. The summed E-state index contributed by atoms with van der Waals surface area (Å²) < 4.78 is 74.2. The first kappa shape index (κ1) is 70.9. The van der Waals surface area contributed by atoms with Crippen molar-refractivity contribution in [3.63, 3.8) is 0 Å². The third kappa shape index (κ3) is 18.7. The standard InChI is InChI=1S/C62H77N17O11S4/c1-8-76(9-2)41-26-28-46(73-75-62-70-56(79-32-20-13-21-33-79)52(92-62)37-44(40(6)81)58(83)66-48-23-15-17-25-54(48)94(87,88)89)50(34-41)68-60(64-7)71-59(63)67-49-35-42(77(10-3)38-90-11-4)27-29-45(49)72-74-61-69-55(78-30-18-12-19-31-78)51(91-61)36-43(39(5)80)57(82)65-47-22-14-16-24-53(47)93(84,85)86/h14-17,22-29,34-37,61,69H,8-13,18-21,30-33,38H2,1-7H3,(H,65,82)(H,66,83)(H,84,85,86)(H,87,88,89)(H4,63,64,67,68,71)/b43-36+,44-37-,74-72?,75-73?. The van der Waals surface area contributed by atoms with E-state index in [0.717, 1.165) is 73.4 Å². The van der Waals surface area contributed by atoms with Crippen LogP contribution in [0.1, 0.15) is 84.9 Å². The number of ketones is 2. The molecule has 0 aliphatic carbocycles. The highest BCUT2D eigenvalue weighted by atomic mass is 32.2. The molecule has 3 aliphatic rings. The van der Waals surface area contributed by atoms with Crippen LogP contribution in [0.25, 0.3) is 6.08 Å². The van der Waals surface area contributed by atoms with Crippen molar-refractivity contribution in [2.75, 3.05) is 102 Å². The number of carbonyl (C=O) groups excluding carboxylic acids is 4. The number of thiazole rings is 1. The number of nitrogens with zero attached hydrogens (tertiary/aromatic N) is 10. The van der Waals surface area contributed by atoms with Gasteiger partial charge in [-0.15, -0.1) is 10.2 Å². The van der Waals surface area contributed by atoms with Crippen molar-refractivity contribution >= 4 is 141 Å². The summed E-state index contributed by atoms with van der Waals surface area (Å²) in [6.45, 7) is 15.7. The fourth-order valence-corrected chi connectivity index (χ4v) is 13.4. The lowest BCUT2D eigenvalue weighted by molar-refractivity contribution is -0.120. The van der Waals surface area contributed by atoms with Gasteiger partial charge in [0.05, 0.1) is 43.7 Å². The summed E-state index contributed by atoms with van der Waals surface area (Å²) in [4.78, 5) is 71.6.